The van der Waals surface area contributed by atoms with E-state index in [9.17, 15) is 0 Å². The molecule has 1 atom stereocenters. The van der Waals surface area contributed by atoms with E-state index in [0.717, 1.165) is 12.8 Å². The minimum Gasteiger partial charge on any atom is -0.415 e. The van der Waals surface area contributed by atoms with Gasteiger partial charge in [0.05, 0.1) is 0 Å². The number of allylic oxidation sites excluding steroid dienone is 1. The molecule has 0 bridgehead atoms. The second-order valence-electron chi connectivity index (χ2n) is 5.70. The summed E-state index contributed by atoms with van der Waals surface area (Å²) in [5.74, 6) is 0. The van der Waals surface area contributed by atoms with Crippen molar-refractivity contribution in [3.05, 3.63) is 12.7 Å². The van der Waals surface area contributed by atoms with Crippen molar-refractivity contribution in [3.8, 4) is 0 Å². The molecule has 0 aliphatic rings. The highest BCUT2D eigenvalue weighted by Gasteiger charge is 2.37. The van der Waals surface area contributed by atoms with Crippen LogP contribution in [-0.4, -0.2) is 21.0 Å². The van der Waals surface area contributed by atoms with Crippen LogP contribution >= 0.6 is 0 Å². The number of hydrogen-bond acceptors (Lipinski definition) is 2. The van der Waals surface area contributed by atoms with Gasteiger partial charge in [0.25, 0.3) is 0 Å². The summed E-state index contributed by atoms with van der Waals surface area (Å²) < 4.78 is 6.03. The minimum atomic E-state index is -1.61. The molecule has 0 saturated heterocycles. The van der Waals surface area contributed by atoms with E-state index in [1.807, 2.05) is 6.08 Å². The van der Waals surface area contributed by atoms with Crippen molar-refractivity contribution < 1.29 is 4.43 Å². The number of hydrogen-bond donors (Lipinski definition) is 1. The fourth-order valence-electron chi connectivity index (χ4n) is 0.947. The highest BCUT2D eigenvalue weighted by molar-refractivity contribution is 6.74. The Balaban J connectivity index is 3.98. The lowest BCUT2D eigenvalue weighted by Crippen LogP contribution is -2.44. The lowest BCUT2D eigenvalue weighted by Gasteiger charge is -2.36. The molecule has 15 heavy (non-hydrogen) atoms. The predicted molar refractivity (Wildman–Crippen MR) is 70.6 cm³/mol. The third-order valence-electron chi connectivity index (χ3n) is 3.21. The van der Waals surface area contributed by atoms with Gasteiger partial charge in [-0.2, -0.15) is 0 Å². The summed E-state index contributed by atoms with van der Waals surface area (Å²) in [4.78, 5) is 0. The van der Waals surface area contributed by atoms with Gasteiger partial charge in [0.2, 0.25) is 0 Å². The van der Waals surface area contributed by atoms with Crippen LogP contribution in [0.1, 0.15) is 33.6 Å². The Labute approximate surface area is 96.0 Å². The molecule has 0 aromatic heterocycles. The fraction of sp³-hybridized carbons (Fsp3) is 0.833. The molecule has 1 unspecified atom stereocenters. The molecule has 0 spiro atoms. The van der Waals surface area contributed by atoms with Crippen LogP contribution < -0.4 is 5.73 Å². The predicted octanol–water partition coefficient (Wildman–Crippen LogP) is 3.30. The zero-order valence-electron chi connectivity index (χ0n) is 11.0. The molecule has 0 fully saturated rings. The van der Waals surface area contributed by atoms with Crippen LogP contribution in [0, 0.1) is 0 Å². The molecule has 0 aromatic carbocycles. The smallest absolute Gasteiger partial charge is 0.192 e. The summed E-state index contributed by atoms with van der Waals surface area (Å²) in [7, 11) is -1.61. The molecule has 0 rings (SSSR count). The monoisotopic (exact) mass is 229 g/mol. The summed E-state index contributed by atoms with van der Waals surface area (Å²) in [6.07, 6.45) is 3.85. The van der Waals surface area contributed by atoms with Crippen molar-refractivity contribution >= 4 is 8.32 Å². The average Bonchev–Trinajstić information content (AvgIpc) is 2.09. The van der Waals surface area contributed by atoms with Crippen molar-refractivity contribution in [3.63, 3.8) is 0 Å². The lowest BCUT2D eigenvalue weighted by atomic mass is 10.2. The summed E-state index contributed by atoms with van der Waals surface area (Å²) >= 11 is 0. The largest absolute Gasteiger partial charge is 0.415 e. The van der Waals surface area contributed by atoms with Gasteiger partial charge in [-0.25, -0.2) is 0 Å². The van der Waals surface area contributed by atoms with Crippen LogP contribution in [-0.2, 0) is 4.43 Å². The summed E-state index contributed by atoms with van der Waals surface area (Å²) in [6.45, 7) is 15.6. The van der Waals surface area contributed by atoms with E-state index in [4.69, 9.17) is 10.2 Å². The summed E-state index contributed by atoms with van der Waals surface area (Å²) in [5, 5.41) is 0.269. The van der Waals surface area contributed by atoms with E-state index in [-0.39, 0.29) is 11.1 Å². The molecular weight excluding hydrogens is 202 g/mol. The van der Waals surface area contributed by atoms with E-state index in [1.54, 1.807) is 0 Å². The first kappa shape index (κ1) is 14.9. The van der Waals surface area contributed by atoms with Gasteiger partial charge >= 0.3 is 0 Å². The first-order chi connectivity index (χ1) is 6.70. The molecule has 0 aromatic rings. The second kappa shape index (κ2) is 5.82. The van der Waals surface area contributed by atoms with E-state index >= 15 is 0 Å². The normalized spacial score (nSPS) is 15.1. The topological polar surface area (TPSA) is 35.2 Å². The summed E-state index contributed by atoms with van der Waals surface area (Å²) in [6, 6.07) is 0.150. The standard InChI is InChI=1S/C12H27NOSi/c1-7-8-9-11(13)10-14-15(5,6)12(2,3)4/h7,11H,1,8-10,13H2,2-6H3. The zero-order valence-corrected chi connectivity index (χ0v) is 12.0. The Morgan fingerprint density at radius 3 is 2.33 bits per heavy atom. The quantitative estimate of drug-likeness (QED) is 0.560. The van der Waals surface area contributed by atoms with Crippen molar-refractivity contribution in [1.82, 2.24) is 0 Å². The van der Waals surface area contributed by atoms with Gasteiger partial charge in [-0.3, -0.25) is 0 Å². The first-order valence-corrected chi connectivity index (χ1v) is 8.62. The summed E-state index contributed by atoms with van der Waals surface area (Å²) in [5.41, 5.74) is 5.96. The molecule has 0 radical (unpaired) electrons. The Bertz CT molecular complexity index is 196. The number of nitrogens with two attached hydrogens (primary N) is 1. The third-order valence-corrected chi connectivity index (χ3v) is 7.71. The maximum absolute atomic E-state index is 6.03. The van der Waals surface area contributed by atoms with E-state index in [2.05, 4.69) is 40.4 Å². The average molecular weight is 229 g/mol. The van der Waals surface area contributed by atoms with Crippen LogP contribution in [0.25, 0.3) is 0 Å². The van der Waals surface area contributed by atoms with Gasteiger partial charge in [-0.15, -0.1) is 6.58 Å². The maximum atomic E-state index is 6.03. The molecule has 0 saturated carbocycles. The number of rotatable bonds is 6. The molecule has 2 nitrogen and oxygen atoms in total. The van der Waals surface area contributed by atoms with E-state index < -0.39 is 8.32 Å². The van der Waals surface area contributed by atoms with Crippen molar-refractivity contribution in [1.29, 1.82) is 0 Å². The molecule has 0 aliphatic heterocycles. The molecule has 2 N–H and O–H groups in total. The van der Waals surface area contributed by atoms with Crippen LogP contribution in [0.2, 0.25) is 18.1 Å². The second-order valence-corrected chi connectivity index (χ2v) is 10.5. The van der Waals surface area contributed by atoms with Crippen LogP contribution in [0.3, 0.4) is 0 Å². The van der Waals surface area contributed by atoms with Gasteiger partial charge in [-0.1, -0.05) is 26.8 Å². The Morgan fingerprint density at radius 2 is 1.93 bits per heavy atom. The fourth-order valence-corrected chi connectivity index (χ4v) is 2.01. The Morgan fingerprint density at radius 1 is 1.40 bits per heavy atom. The third kappa shape index (κ3) is 5.49. The first-order valence-electron chi connectivity index (χ1n) is 5.71. The Kier molecular flexibility index (Phi) is 5.78. The van der Waals surface area contributed by atoms with Gasteiger partial charge in [0.1, 0.15) is 0 Å². The molecule has 0 aliphatic carbocycles. The molecule has 3 heteroatoms. The maximum Gasteiger partial charge on any atom is 0.192 e. The lowest BCUT2D eigenvalue weighted by molar-refractivity contribution is 0.258. The zero-order chi connectivity index (χ0) is 12.1. The van der Waals surface area contributed by atoms with Crippen molar-refractivity contribution in [2.45, 2.75) is 57.8 Å². The minimum absolute atomic E-state index is 0.150. The molecule has 0 heterocycles. The van der Waals surface area contributed by atoms with Crippen LogP contribution in [0.5, 0.6) is 0 Å². The van der Waals surface area contributed by atoms with E-state index in [0.29, 0.717) is 6.61 Å². The molecule has 90 valence electrons. The van der Waals surface area contributed by atoms with Gasteiger partial charge in [-0.05, 0) is 31.0 Å². The van der Waals surface area contributed by atoms with Gasteiger partial charge in [0.15, 0.2) is 8.32 Å². The Hall–Kier alpha value is -0.123. The van der Waals surface area contributed by atoms with Crippen molar-refractivity contribution in [2.24, 2.45) is 5.73 Å². The highest BCUT2D eigenvalue weighted by atomic mass is 28.4. The van der Waals surface area contributed by atoms with E-state index in [1.165, 1.54) is 0 Å². The van der Waals surface area contributed by atoms with Crippen LogP contribution in [0.4, 0.5) is 0 Å². The van der Waals surface area contributed by atoms with Crippen LogP contribution in [0.15, 0.2) is 12.7 Å². The van der Waals surface area contributed by atoms with Gasteiger partial charge < -0.3 is 10.2 Å². The highest BCUT2D eigenvalue weighted by Crippen LogP contribution is 2.36. The SMILES string of the molecule is C=CCCC(N)CO[Si](C)(C)C(C)(C)C. The molecule has 0 amide bonds. The van der Waals surface area contributed by atoms with Gasteiger partial charge in [0, 0.05) is 12.6 Å². The molecular formula is C12H27NOSi. The van der Waals surface area contributed by atoms with Crippen molar-refractivity contribution in [2.75, 3.05) is 6.61 Å².